The van der Waals surface area contributed by atoms with E-state index in [1.165, 1.54) is 4.90 Å². The highest BCUT2D eigenvalue weighted by Crippen LogP contribution is 2.41. The van der Waals surface area contributed by atoms with Crippen molar-refractivity contribution in [1.29, 1.82) is 0 Å². The molecule has 2 saturated heterocycles. The van der Waals surface area contributed by atoms with Gasteiger partial charge in [-0.2, -0.15) is 0 Å². The fraction of sp³-hybridized carbons (Fsp3) is 0.429. The molecule has 2 aliphatic rings. The number of carbonyl (C=O) groups excluding carboxylic acids is 2. The van der Waals surface area contributed by atoms with E-state index >= 15 is 4.39 Å². The number of hydrogen-bond donors (Lipinski definition) is 2. The second-order valence-corrected chi connectivity index (χ2v) is 10.6. The van der Waals surface area contributed by atoms with Crippen LogP contribution in [0.2, 0.25) is 5.02 Å². The molecule has 1 aromatic heterocycles. The van der Waals surface area contributed by atoms with Crippen LogP contribution in [0.4, 0.5) is 10.1 Å². The normalized spacial score (nSPS) is 18.4. The summed E-state index contributed by atoms with van der Waals surface area (Å²) in [6, 6.07) is 9.59. The van der Waals surface area contributed by atoms with Gasteiger partial charge >= 0.3 is 0 Å². The summed E-state index contributed by atoms with van der Waals surface area (Å²) in [5, 5.41) is 4.55. The van der Waals surface area contributed by atoms with Crippen molar-refractivity contribution >= 4 is 40.0 Å². The van der Waals surface area contributed by atoms with E-state index in [0.717, 1.165) is 55.8 Å². The average Bonchev–Trinajstić information content (AvgIpc) is 3.35. The van der Waals surface area contributed by atoms with Gasteiger partial charge in [0, 0.05) is 82.8 Å². The lowest BCUT2D eigenvalue weighted by atomic mass is 9.87. The zero-order valence-electron chi connectivity index (χ0n) is 21.5. The zero-order valence-corrected chi connectivity index (χ0v) is 22.3. The van der Waals surface area contributed by atoms with Gasteiger partial charge in [0.25, 0.3) is 5.91 Å². The fourth-order valence-corrected chi connectivity index (χ4v) is 5.79. The molecule has 37 heavy (non-hydrogen) atoms. The molecule has 3 aromatic rings. The minimum atomic E-state index is -0.375. The molecule has 0 saturated carbocycles. The Morgan fingerprint density at radius 3 is 2.51 bits per heavy atom. The number of aromatic nitrogens is 1. The summed E-state index contributed by atoms with van der Waals surface area (Å²) >= 11 is 6.87. The summed E-state index contributed by atoms with van der Waals surface area (Å²) in [4.78, 5) is 33.4. The molecule has 3 heterocycles. The van der Waals surface area contributed by atoms with Gasteiger partial charge in [-0.3, -0.25) is 9.59 Å². The number of piperidine rings is 1. The third-order valence-electron chi connectivity index (χ3n) is 7.55. The first kappa shape index (κ1) is 25.5. The summed E-state index contributed by atoms with van der Waals surface area (Å²) in [6.45, 7) is 6.36. The van der Waals surface area contributed by atoms with Gasteiger partial charge in [0.05, 0.1) is 10.5 Å². The lowest BCUT2D eigenvalue weighted by Gasteiger charge is -2.33. The first-order valence-electron chi connectivity index (χ1n) is 12.8. The number of H-pyrrole nitrogens is 1. The number of aromatic amines is 1. The first-order chi connectivity index (χ1) is 17.7. The Balaban J connectivity index is 1.64. The van der Waals surface area contributed by atoms with Crippen LogP contribution in [0.25, 0.3) is 22.0 Å². The molecule has 2 amide bonds. The second-order valence-electron chi connectivity index (χ2n) is 10.2. The monoisotopic (exact) mass is 525 g/mol. The van der Waals surface area contributed by atoms with Crippen molar-refractivity contribution in [3.05, 3.63) is 52.4 Å². The van der Waals surface area contributed by atoms with Crippen LogP contribution >= 0.6 is 11.6 Å². The predicted molar refractivity (Wildman–Crippen MR) is 146 cm³/mol. The number of nitrogens with one attached hydrogen (secondary N) is 2. The van der Waals surface area contributed by atoms with Crippen LogP contribution in [-0.4, -0.2) is 80.0 Å². The molecule has 2 fully saturated rings. The third-order valence-corrected chi connectivity index (χ3v) is 7.86. The number of nitrogens with zero attached hydrogens (tertiary/aromatic N) is 3. The van der Waals surface area contributed by atoms with Gasteiger partial charge in [-0.15, -0.1) is 0 Å². The molecule has 2 aliphatic heterocycles. The van der Waals surface area contributed by atoms with Crippen molar-refractivity contribution in [2.45, 2.75) is 25.7 Å². The minimum Gasteiger partial charge on any atom is -0.369 e. The molecule has 7 nitrogen and oxygen atoms in total. The highest BCUT2D eigenvalue weighted by atomic mass is 35.5. The predicted octanol–water partition coefficient (Wildman–Crippen LogP) is 4.46. The van der Waals surface area contributed by atoms with E-state index in [4.69, 9.17) is 11.6 Å². The Morgan fingerprint density at radius 2 is 1.84 bits per heavy atom. The molecule has 0 aliphatic carbocycles. The van der Waals surface area contributed by atoms with E-state index in [0.29, 0.717) is 40.3 Å². The Bertz CT molecular complexity index is 1350. The first-order valence-corrected chi connectivity index (χ1v) is 13.2. The summed E-state index contributed by atoms with van der Waals surface area (Å²) in [5.41, 5.74) is 3.77. The second kappa shape index (κ2) is 10.3. The molecule has 1 atom stereocenters. The lowest BCUT2D eigenvalue weighted by Crippen LogP contribution is -2.43. The summed E-state index contributed by atoms with van der Waals surface area (Å²) in [6.07, 6.45) is 1.60. The van der Waals surface area contributed by atoms with Crippen molar-refractivity contribution < 1.29 is 14.0 Å². The standard InChI is InChI=1S/C28H33ClFN5O2/c1-17(36)35-10-4-5-18(16-35)21-14-22(23-15-25(28(37)33(2)3)32-27(23)26(21)30)20-7-6-19(13-24(20)29)34-11-8-31-9-12-34/h6-7,13-15,18,31-32H,4-5,8-12,16H2,1-3H3/t18-/m1/s1. The molecule has 9 heteroatoms. The molecule has 0 radical (unpaired) electrons. The molecule has 2 N–H and O–H groups in total. The van der Waals surface area contributed by atoms with E-state index in [1.807, 2.05) is 18.2 Å². The molecular weight excluding hydrogens is 493 g/mol. The van der Waals surface area contributed by atoms with E-state index < -0.39 is 0 Å². The van der Waals surface area contributed by atoms with Gasteiger partial charge in [0.15, 0.2) is 5.82 Å². The van der Waals surface area contributed by atoms with Crippen molar-refractivity contribution in [3.63, 3.8) is 0 Å². The SMILES string of the molecule is CC(=O)N1CCC[C@@H](c2cc(-c3ccc(N4CCNCC4)cc3Cl)c3cc(C(=O)N(C)C)[nH]c3c2F)C1. The lowest BCUT2D eigenvalue weighted by molar-refractivity contribution is -0.130. The Morgan fingerprint density at radius 1 is 1.08 bits per heavy atom. The van der Waals surface area contributed by atoms with Crippen LogP contribution in [0.15, 0.2) is 30.3 Å². The zero-order chi connectivity index (χ0) is 26.3. The molecule has 0 unspecified atom stereocenters. The van der Waals surface area contributed by atoms with Gasteiger partial charge in [-0.25, -0.2) is 4.39 Å². The van der Waals surface area contributed by atoms with Gasteiger partial charge in [0.1, 0.15) is 5.69 Å². The number of anilines is 1. The van der Waals surface area contributed by atoms with E-state index in [2.05, 4.69) is 21.3 Å². The Labute approximate surface area is 221 Å². The van der Waals surface area contributed by atoms with Crippen molar-refractivity contribution in [1.82, 2.24) is 20.1 Å². The highest BCUT2D eigenvalue weighted by Gasteiger charge is 2.28. The van der Waals surface area contributed by atoms with Gasteiger partial charge in [-0.05, 0) is 48.2 Å². The summed E-state index contributed by atoms with van der Waals surface area (Å²) < 4.78 is 16.1. The van der Waals surface area contributed by atoms with Crippen LogP contribution in [0.5, 0.6) is 0 Å². The number of amides is 2. The number of benzene rings is 2. The fourth-order valence-electron chi connectivity index (χ4n) is 5.52. The molecule has 2 aromatic carbocycles. The van der Waals surface area contributed by atoms with Crippen molar-refractivity contribution in [2.24, 2.45) is 0 Å². The highest BCUT2D eigenvalue weighted by molar-refractivity contribution is 6.34. The molecule has 196 valence electrons. The van der Waals surface area contributed by atoms with Crippen molar-refractivity contribution in [3.8, 4) is 11.1 Å². The maximum Gasteiger partial charge on any atom is 0.269 e. The van der Waals surface area contributed by atoms with Crippen LogP contribution < -0.4 is 10.2 Å². The number of halogens is 2. The molecule has 0 bridgehead atoms. The maximum atomic E-state index is 16.1. The van der Waals surface area contributed by atoms with E-state index in [1.54, 1.807) is 32.0 Å². The molecule has 0 spiro atoms. The van der Waals surface area contributed by atoms with Crippen LogP contribution in [-0.2, 0) is 4.79 Å². The van der Waals surface area contributed by atoms with Crippen molar-refractivity contribution in [2.75, 3.05) is 58.3 Å². The number of hydrogen-bond acceptors (Lipinski definition) is 4. The number of likely N-dealkylation sites (tertiary alicyclic amines) is 1. The third kappa shape index (κ3) is 4.92. The summed E-state index contributed by atoms with van der Waals surface area (Å²) in [7, 11) is 3.33. The van der Waals surface area contributed by atoms with Crippen LogP contribution in [0.3, 0.4) is 0 Å². The number of carbonyl (C=O) groups is 2. The quantitative estimate of drug-likeness (QED) is 0.527. The largest absolute Gasteiger partial charge is 0.369 e. The number of fused-ring (bicyclic) bond motifs is 1. The Kier molecular flexibility index (Phi) is 7.14. The molecular formula is C28H33ClFN5O2. The molecule has 5 rings (SSSR count). The van der Waals surface area contributed by atoms with Crippen LogP contribution in [0, 0.1) is 5.82 Å². The average molecular weight is 526 g/mol. The van der Waals surface area contributed by atoms with E-state index in [9.17, 15) is 9.59 Å². The van der Waals surface area contributed by atoms with Gasteiger partial charge < -0.3 is 25.0 Å². The smallest absolute Gasteiger partial charge is 0.269 e. The van der Waals surface area contributed by atoms with Gasteiger partial charge in [-0.1, -0.05) is 17.7 Å². The maximum absolute atomic E-state index is 16.1. The Hall–Kier alpha value is -3.10. The number of piperazine rings is 1. The topological polar surface area (TPSA) is 71.7 Å². The minimum absolute atomic E-state index is 0.00306. The number of rotatable bonds is 4. The van der Waals surface area contributed by atoms with Crippen LogP contribution in [0.1, 0.15) is 41.7 Å². The van der Waals surface area contributed by atoms with Gasteiger partial charge in [0.2, 0.25) is 5.91 Å². The van der Waals surface area contributed by atoms with E-state index in [-0.39, 0.29) is 23.5 Å². The summed E-state index contributed by atoms with van der Waals surface area (Å²) in [5.74, 6) is -0.753.